The van der Waals surface area contributed by atoms with Crippen molar-refractivity contribution in [3.63, 3.8) is 0 Å². The van der Waals surface area contributed by atoms with Crippen LogP contribution in [0.25, 0.3) is 11.1 Å². The van der Waals surface area contributed by atoms with Gasteiger partial charge in [0.15, 0.2) is 5.58 Å². The van der Waals surface area contributed by atoms with E-state index in [0.29, 0.717) is 11.6 Å². The Hall–Kier alpha value is -1.55. The van der Waals surface area contributed by atoms with Crippen LogP contribution in [0.2, 0.25) is 0 Å². The predicted octanol–water partition coefficient (Wildman–Crippen LogP) is 2.94. The van der Waals surface area contributed by atoms with Gasteiger partial charge in [-0.2, -0.15) is 0 Å². The third-order valence-electron chi connectivity index (χ3n) is 3.99. The quantitative estimate of drug-likeness (QED) is 0.786. The lowest BCUT2D eigenvalue weighted by Crippen LogP contribution is -2.15. The number of rotatable bonds is 1. The molecule has 18 heavy (non-hydrogen) atoms. The monoisotopic (exact) mass is 246 g/mol. The summed E-state index contributed by atoms with van der Waals surface area (Å²) in [5.41, 5.74) is 8.08. The second-order valence-electron chi connectivity index (χ2n) is 5.18. The molecule has 1 fully saturated rings. The van der Waals surface area contributed by atoms with Crippen LogP contribution in [0.4, 0.5) is 5.69 Å². The maximum absolute atomic E-state index is 5.91. The van der Waals surface area contributed by atoms with Gasteiger partial charge in [0.2, 0.25) is 5.89 Å². The lowest BCUT2D eigenvalue weighted by atomic mass is 9.89. The first-order valence-corrected chi connectivity index (χ1v) is 6.38. The SMILES string of the molecule is CC1OC(C)C(c2nc3c(N)cccc3o2)C1C. The standard InChI is InChI=1S/C14H18N2O2/c1-7-8(2)17-9(3)12(7)14-16-13-10(15)5-4-6-11(13)18-14/h4-9,12H,15H2,1-3H3. The van der Waals surface area contributed by atoms with Gasteiger partial charge < -0.3 is 14.9 Å². The molecule has 2 N–H and O–H groups in total. The largest absolute Gasteiger partial charge is 0.440 e. The predicted molar refractivity (Wildman–Crippen MR) is 70.3 cm³/mol. The van der Waals surface area contributed by atoms with Crippen molar-refractivity contribution in [2.45, 2.75) is 38.9 Å². The zero-order valence-corrected chi connectivity index (χ0v) is 10.9. The summed E-state index contributed by atoms with van der Waals surface area (Å²) < 4.78 is 11.7. The summed E-state index contributed by atoms with van der Waals surface area (Å²) in [6.07, 6.45) is 0.363. The van der Waals surface area contributed by atoms with Crippen LogP contribution in [0.15, 0.2) is 22.6 Å². The fourth-order valence-electron chi connectivity index (χ4n) is 2.82. The molecule has 1 aliphatic rings. The molecule has 96 valence electrons. The van der Waals surface area contributed by atoms with Crippen molar-refractivity contribution in [1.29, 1.82) is 0 Å². The van der Waals surface area contributed by atoms with E-state index in [2.05, 4.69) is 25.8 Å². The van der Waals surface area contributed by atoms with E-state index < -0.39 is 0 Å². The number of nitrogens with zero attached hydrogens (tertiary/aromatic N) is 1. The molecule has 0 bridgehead atoms. The van der Waals surface area contributed by atoms with Crippen molar-refractivity contribution >= 4 is 16.8 Å². The minimum absolute atomic E-state index is 0.129. The zero-order chi connectivity index (χ0) is 12.9. The number of nitrogen functional groups attached to an aromatic ring is 1. The Kier molecular flexibility index (Phi) is 2.55. The van der Waals surface area contributed by atoms with E-state index in [-0.39, 0.29) is 18.1 Å². The molecular formula is C14H18N2O2. The first kappa shape index (κ1) is 11.5. The number of para-hydroxylation sites is 1. The lowest BCUT2D eigenvalue weighted by molar-refractivity contribution is 0.0546. The zero-order valence-electron chi connectivity index (χ0n) is 10.9. The van der Waals surface area contributed by atoms with Gasteiger partial charge in [0.25, 0.3) is 0 Å². The van der Waals surface area contributed by atoms with Gasteiger partial charge in [-0.1, -0.05) is 13.0 Å². The molecule has 4 nitrogen and oxygen atoms in total. The molecule has 1 aliphatic heterocycles. The number of fused-ring (bicyclic) bond motifs is 1. The average molecular weight is 246 g/mol. The summed E-state index contributed by atoms with van der Waals surface area (Å²) in [6.45, 7) is 6.35. The molecule has 4 atom stereocenters. The fourth-order valence-corrected chi connectivity index (χ4v) is 2.82. The molecule has 0 saturated carbocycles. The summed E-state index contributed by atoms with van der Waals surface area (Å²) >= 11 is 0. The number of hydrogen-bond donors (Lipinski definition) is 1. The molecular weight excluding hydrogens is 228 g/mol. The Morgan fingerprint density at radius 3 is 2.56 bits per heavy atom. The van der Waals surface area contributed by atoms with Crippen LogP contribution in [0.1, 0.15) is 32.6 Å². The molecule has 0 spiro atoms. The molecule has 2 heterocycles. The minimum Gasteiger partial charge on any atom is -0.440 e. The molecule has 2 aromatic rings. The summed E-state index contributed by atoms with van der Waals surface area (Å²) in [6, 6.07) is 5.62. The minimum atomic E-state index is 0.129. The normalized spacial score (nSPS) is 32.2. The highest BCUT2D eigenvalue weighted by molar-refractivity contribution is 5.85. The number of ether oxygens (including phenoxy) is 1. The van der Waals surface area contributed by atoms with E-state index in [4.69, 9.17) is 14.9 Å². The fraction of sp³-hybridized carbons (Fsp3) is 0.500. The van der Waals surface area contributed by atoms with E-state index in [0.717, 1.165) is 17.0 Å². The smallest absolute Gasteiger partial charge is 0.201 e. The molecule has 1 saturated heterocycles. The maximum Gasteiger partial charge on any atom is 0.201 e. The van der Waals surface area contributed by atoms with Crippen LogP contribution >= 0.6 is 0 Å². The van der Waals surface area contributed by atoms with Gasteiger partial charge in [-0.15, -0.1) is 0 Å². The van der Waals surface area contributed by atoms with Gasteiger partial charge in [0.1, 0.15) is 5.52 Å². The third kappa shape index (κ3) is 1.60. The first-order chi connectivity index (χ1) is 8.58. The number of hydrogen-bond acceptors (Lipinski definition) is 4. The molecule has 4 heteroatoms. The van der Waals surface area contributed by atoms with Crippen LogP contribution in [0.3, 0.4) is 0 Å². The van der Waals surface area contributed by atoms with E-state index >= 15 is 0 Å². The highest BCUT2D eigenvalue weighted by Gasteiger charge is 2.41. The number of nitrogens with two attached hydrogens (primary N) is 1. The van der Waals surface area contributed by atoms with Crippen LogP contribution in [0.5, 0.6) is 0 Å². The van der Waals surface area contributed by atoms with Crippen LogP contribution < -0.4 is 5.73 Å². The molecule has 0 radical (unpaired) electrons. The molecule has 1 aromatic heterocycles. The number of anilines is 1. The van der Waals surface area contributed by atoms with Gasteiger partial charge in [0.05, 0.1) is 23.8 Å². The van der Waals surface area contributed by atoms with Gasteiger partial charge in [-0.05, 0) is 31.9 Å². The van der Waals surface area contributed by atoms with Crippen LogP contribution in [-0.2, 0) is 4.74 Å². The van der Waals surface area contributed by atoms with Gasteiger partial charge in [-0.3, -0.25) is 0 Å². The Balaban J connectivity index is 2.07. The van der Waals surface area contributed by atoms with Crippen molar-refractivity contribution in [3.8, 4) is 0 Å². The van der Waals surface area contributed by atoms with Crippen molar-refractivity contribution < 1.29 is 9.15 Å². The van der Waals surface area contributed by atoms with Crippen LogP contribution in [0, 0.1) is 5.92 Å². The molecule has 3 rings (SSSR count). The number of benzene rings is 1. The van der Waals surface area contributed by atoms with E-state index in [9.17, 15) is 0 Å². The Labute approximate surface area is 106 Å². The summed E-state index contributed by atoms with van der Waals surface area (Å²) in [4.78, 5) is 4.56. The van der Waals surface area contributed by atoms with Gasteiger partial charge >= 0.3 is 0 Å². The highest BCUT2D eigenvalue weighted by atomic mass is 16.5. The highest BCUT2D eigenvalue weighted by Crippen LogP contribution is 2.40. The average Bonchev–Trinajstić information content (AvgIpc) is 2.83. The Morgan fingerprint density at radius 2 is 1.94 bits per heavy atom. The molecule has 1 aromatic carbocycles. The van der Waals surface area contributed by atoms with Gasteiger partial charge in [0, 0.05) is 0 Å². The van der Waals surface area contributed by atoms with Crippen molar-refractivity contribution in [1.82, 2.24) is 4.98 Å². The van der Waals surface area contributed by atoms with E-state index in [1.165, 1.54) is 0 Å². The summed E-state index contributed by atoms with van der Waals surface area (Å²) in [5, 5.41) is 0. The third-order valence-corrected chi connectivity index (χ3v) is 3.99. The van der Waals surface area contributed by atoms with Crippen LogP contribution in [-0.4, -0.2) is 17.2 Å². The van der Waals surface area contributed by atoms with Gasteiger partial charge in [-0.25, -0.2) is 4.98 Å². The molecule has 0 aliphatic carbocycles. The number of aromatic nitrogens is 1. The topological polar surface area (TPSA) is 61.3 Å². The number of oxazole rings is 1. The first-order valence-electron chi connectivity index (χ1n) is 6.38. The molecule has 0 amide bonds. The Morgan fingerprint density at radius 1 is 1.17 bits per heavy atom. The second-order valence-corrected chi connectivity index (χ2v) is 5.18. The Bertz CT molecular complexity index is 578. The van der Waals surface area contributed by atoms with Crippen molar-refractivity contribution in [3.05, 3.63) is 24.1 Å². The maximum atomic E-state index is 5.91. The second kappa shape index (κ2) is 3.99. The summed E-state index contributed by atoms with van der Waals surface area (Å²) in [7, 11) is 0. The lowest BCUT2D eigenvalue weighted by Gasteiger charge is -2.13. The van der Waals surface area contributed by atoms with E-state index in [1.54, 1.807) is 0 Å². The molecule has 4 unspecified atom stereocenters. The summed E-state index contributed by atoms with van der Waals surface area (Å²) in [5.74, 6) is 1.34. The van der Waals surface area contributed by atoms with E-state index in [1.807, 2.05) is 18.2 Å². The van der Waals surface area contributed by atoms with Crippen molar-refractivity contribution in [2.75, 3.05) is 5.73 Å². The van der Waals surface area contributed by atoms with Crippen molar-refractivity contribution in [2.24, 2.45) is 5.92 Å².